The number of piperazine rings is 1. The van der Waals surface area contributed by atoms with Crippen LogP contribution in [0.25, 0.3) is 0 Å². The molecule has 1 atom stereocenters. The van der Waals surface area contributed by atoms with Crippen LogP contribution in [0.4, 0.5) is 0 Å². The quantitative estimate of drug-likeness (QED) is 0.545. The first-order chi connectivity index (χ1) is 16.8. The number of esters is 1. The molecule has 4 rings (SSSR count). The molecule has 188 valence electrons. The molecule has 0 saturated carbocycles. The fourth-order valence-corrected chi connectivity index (χ4v) is 6.04. The van der Waals surface area contributed by atoms with Crippen molar-refractivity contribution in [3.05, 3.63) is 65.7 Å². The van der Waals surface area contributed by atoms with Crippen molar-refractivity contribution >= 4 is 21.9 Å². The van der Waals surface area contributed by atoms with Crippen molar-refractivity contribution in [2.75, 3.05) is 39.3 Å². The Hall–Kier alpha value is -2.75. The smallest absolute Gasteiger partial charge is 0.338 e. The highest BCUT2D eigenvalue weighted by Gasteiger charge is 2.29. The zero-order valence-electron chi connectivity index (χ0n) is 20.1. The van der Waals surface area contributed by atoms with E-state index in [2.05, 4.69) is 17.0 Å². The number of nitrogens with zero attached hydrogens (tertiary/aromatic N) is 3. The lowest BCUT2D eigenvalue weighted by Crippen LogP contribution is -2.51. The SMILES string of the molecule is C[C@@H](OC(=O)c1ccc(S(=O)(=O)N2CCCCC2)cc1)C(=O)N1CCN(Cc2ccccc2)CC1. The predicted octanol–water partition coefficient (Wildman–Crippen LogP) is 2.75. The van der Waals surface area contributed by atoms with Gasteiger partial charge in [-0.25, -0.2) is 13.2 Å². The van der Waals surface area contributed by atoms with E-state index in [4.69, 9.17) is 4.74 Å². The van der Waals surface area contributed by atoms with Crippen LogP contribution >= 0.6 is 0 Å². The fraction of sp³-hybridized carbons (Fsp3) is 0.462. The van der Waals surface area contributed by atoms with Crippen molar-refractivity contribution in [3.8, 4) is 0 Å². The third-order valence-corrected chi connectivity index (χ3v) is 8.52. The molecule has 2 saturated heterocycles. The Balaban J connectivity index is 1.28. The molecular formula is C26H33N3O5S. The van der Waals surface area contributed by atoms with Gasteiger partial charge in [0, 0.05) is 45.8 Å². The number of piperidine rings is 1. The molecule has 2 aromatic rings. The maximum atomic E-state index is 12.8. The van der Waals surface area contributed by atoms with Gasteiger partial charge in [0.05, 0.1) is 10.5 Å². The number of benzene rings is 2. The molecule has 0 aromatic heterocycles. The van der Waals surface area contributed by atoms with Gasteiger partial charge in [-0.05, 0) is 49.6 Å². The van der Waals surface area contributed by atoms with Gasteiger partial charge in [-0.3, -0.25) is 9.69 Å². The summed E-state index contributed by atoms with van der Waals surface area (Å²) < 4.78 is 32.5. The van der Waals surface area contributed by atoms with Crippen molar-refractivity contribution in [3.63, 3.8) is 0 Å². The highest BCUT2D eigenvalue weighted by atomic mass is 32.2. The molecule has 2 heterocycles. The van der Waals surface area contributed by atoms with Crippen LogP contribution in [0.15, 0.2) is 59.5 Å². The van der Waals surface area contributed by atoms with Crippen LogP contribution < -0.4 is 0 Å². The van der Waals surface area contributed by atoms with Gasteiger partial charge in [0.25, 0.3) is 5.91 Å². The minimum Gasteiger partial charge on any atom is -0.449 e. The summed E-state index contributed by atoms with van der Waals surface area (Å²) >= 11 is 0. The van der Waals surface area contributed by atoms with Gasteiger partial charge < -0.3 is 9.64 Å². The first-order valence-corrected chi connectivity index (χ1v) is 13.6. The number of carbonyl (C=O) groups excluding carboxylic acids is 2. The van der Waals surface area contributed by atoms with Crippen molar-refractivity contribution in [1.29, 1.82) is 0 Å². The van der Waals surface area contributed by atoms with E-state index in [1.807, 2.05) is 18.2 Å². The molecule has 9 heteroatoms. The molecule has 0 aliphatic carbocycles. The third-order valence-electron chi connectivity index (χ3n) is 6.61. The summed E-state index contributed by atoms with van der Waals surface area (Å²) in [4.78, 5) is 29.6. The van der Waals surface area contributed by atoms with Crippen LogP contribution in [0.2, 0.25) is 0 Å². The number of sulfonamides is 1. The molecule has 1 amide bonds. The number of ether oxygens (including phenoxy) is 1. The first-order valence-electron chi connectivity index (χ1n) is 12.2. The molecular weight excluding hydrogens is 466 g/mol. The second-order valence-corrected chi connectivity index (χ2v) is 11.1. The molecule has 0 radical (unpaired) electrons. The highest BCUT2D eigenvalue weighted by Crippen LogP contribution is 2.21. The van der Waals surface area contributed by atoms with Crippen molar-refractivity contribution < 1.29 is 22.7 Å². The van der Waals surface area contributed by atoms with Gasteiger partial charge in [0.1, 0.15) is 0 Å². The van der Waals surface area contributed by atoms with E-state index in [1.165, 1.54) is 34.1 Å². The Bertz CT molecular complexity index is 1110. The molecule has 35 heavy (non-hydrogen) atoms. The minimum absolute atomic E-state index is 0.161. The summed E-state index contributed by atoms with van der Waals surface area (Å²) in [5.74, 6) is -0.863. The maximum absolute atomic E-state index is 12.8. The van der Waals surface area contributed by atoms with E-state index in [0.717, 1.165) is 38.9 Å². The summed E-state index contributed by atoms with van der Waals surface area (Å²) in [6.45, 7) is 6.14. The summed E-state index contributed by atoms with van der Waals surface area (Å²) in [5.41, 5.74) is 1.46. The van der Waals surface area contributed by atoms with E-state index >= 15 is 0 Å². The number of amides is 1. The monoisotopic (exact) mass is 499 g/mol. The number of hydrogen-bond donors (Lipinski definition) is 0. The molecule has 0 unspecified atom stereocenters. The normalized spacial score (nSPS) is 18.7. The molecule has 0 bridgehead atoms. The van der Waals surface area contributed by atoms with Gasteiger partial charge in [0.2, 0.25) is 10.0 Å². The van der Waals surface area contributed by atoms with Crippen LogP contribution in [0.1, 0.15) is 42.1 Å². The largest absolute Gasteiger partial charge is 0.449 e. The summed E-state index contributed by atoms with van der Waals surface area (Å²) in [6.07, 6.45) is 1.84. The van der Waals surface area contributed by atoms with Crippen LogP contribution in [-0.2, 0) is 26.1 Å². The molecule has 2 aliphatic rings. The Morgan fingerprint density at radius 2 is 1.49 bits per heavy atom. The Morgan fingerprint density at radius 3 is 2.11 bits per heavy atom. The Labute approximate surface area is 207 Å². The molecule has 0 N–H and O–H groups in total. The lowest BCUT2D eigenvalue weighted by molar-refractivity contribution is -0.141. The second kappa shape index (κ2) is 11.3. The summed E-state index contributed by atoms with van der Waals surface area (Å²) in [5, 5.41) is 0. The zero-order valence-corrected chi connectivity index (χ0v) is 21.0. The molecule has 8 nitrogen and oxygen atoms in total. The fourth-order valence-electron chi connectivity index (χ4n) is 4.52. The minimum atomic E-state index is -3.56. The van der Waals surface area contributed by atoms with Gasteiger partial charge >= 0.3 is 5.97 Å². The average Bonchev–Trinajstić information content (AvgIpc) is 2.90. The maximum Gasteiger partial charge on any atom is 0.338 e. The van der Waals surface area contributed by atoms with Crippen molar-refractivity contribution in [1.82, 2.24) is 14.1 Å². The van der Waals surface area contributed by atoms with E-state index in [1.54, 1.807) is 11.8 Å². The van der Waals surface area contributed by atoms with Gasteiger partial charge in [0.15, 0.2) is 6.10 Å². The molecule has 0 spiro atoms. The third kappa shape index (κ3) is 6.28. The standard InChI is InChI=1S/C26H33N3O5S/c1-21(25(30)28-18-16-27(17-19-28)20-22-8-4-2-5-9-22)34-26(31)23-10-12-24(13-11-23)35(32,33)29-14-6-3-7-15-29/h2,4-5,8-13,21H,3,6-7,14-20H2,1H3/t21-/m1/s1. The van der Waals surface area contributed by atoms with Crippen LogP contribution in [0.3, 0.4) is 0 Å². The van der Waals surface area contributed by atoms with E-state index in [-0.39, 0.29) is 16.4 Å². The number of hydrogen-bond acceptors (Lipinski definition) is 6. The Morgan fingerprint density at radius 1 is 0.857 bits per heavy atom. The average molecular weight is 500 g/mol. The van der Waals surface area contributed by atoms with E-state index in [0.29, 0.717) is 26.2 Å². The topological polar surface area (TPSA) is 87.2 Å². The van der Waals surface area contributed by atoms with Crippen LogP contribution in [0.5, 0.6) is 0 Å². The Kier molecular flexibility index (Phi) is 8.20. The van der Waals surface area contributed by atoms with Crippen LogP contribution in [-0.4, -0.2) is 79.8 Å². The number of carbonyl (C=O) groups is 2. The van der Waals surface area contributed by atoms with Gasteiger partial charge in [-0.2, -0.15) is 4.31 Å². The zero-order chi connectivity index (χ0) is 24.8. The van der Waals surface area contributed by atoms with Gasteiger partial charge in [-0.15, -0.1) is 0 Å². The van der Waals surface area contributed by atoms with Crippen LogP contribution in [0, 0.1) is 0 Å². The van der Waals surface area contributed by atoms with E-state index < -0.39 is 22.1 Å². The molecule has 2 fully saturated rings. The molecule has 2 aliphatic heterocycles. The lowest BCUT2D eigenvalue weighted by atomic mass is 10.2. The molecule has 2 aromatic carbocycles. The predicted molar refractivity (Wildman–Crippen MR) is 132 cm³/mol. The van der Waals surface area contributed by atoms with Gasteiger partial charge in [-0.1, -0.05) is 36.8 Å². The second-order valence-electron chi connectivity index (χ2n) is 9.12. The van der Waals surface area contributed by atoms with E-state index in [9.17, 15) is 18.0 Å². The number of rotatable bonds is 7. The summed E-state index contributed by atoms with van der Waals surface area (Å²) in [7, 11) is -3.56. The van der Waals surface area contributed by atoms with Crippen molar-refractivity contribution in [2.24, 2.45) is 0 Å². The summed E-state index contributed by atoms with van der Waals surface area (Å²) in [6, 6.07) is 16.0. The highest BCUT2D eigenvalue weighted by molar-refractivity contribution is 7.89. The lowest BCUT2D eigenvalue weighted by Gasteiger charge is -2.35. The first kappa shape index (κ1) is 25.3. The van der Waals surface area contributed by atoms with Crippen molar-refractivity contribution in [2.45, 2.75) is 43.7 Å².